The van der Waals surface area contributed by atoms with Crippen molar-refractivity contribution in [1.82, 2.24) is 0 Å². The average molecular weight is 617 g/mol. The molecule has 0 amide bonds. The number of hydrogen-bond acceptors (Lipinski definition) is 0. The molecule has 0 saturated heterocycles. The summed E-state index contributed by atoms with van der Waals surface area (Å²) in [6, 6.07) is 57.0. The van der Waals surface area contributed by atoms with Gasteiger partial charge in [0.2, 0.25) is 0 Å². The molecular weight excluding hydrogens is 577 g/mol. The van der Waals surface area contributed by atoms with Crippen molar-refractivity contribution in [2.75, 3.05) is 0 Å². The molecule has 0 heteroatoms. The SMILES string of the molecule is CC1(C)c2cc(-c3ccccc3)ccc2-c2c1cc(CCC(Cc1ccc3c(c1)Cc1ccccc1-3)c1ccccc1)c1ccccc21. The van der Waals surface area contributed by atoms with Gasteiger partial charge in [-0.25, -0.2) is 0 Å². The molecule has 0 aliphatic heterocycles. The van der Waals surface area contributed by atoms with Gasteiger partial charge in [-0.15, -0.1) is 0 Å². The van der Waals surface area contributed by atoms with E-state index in [-0.39, 0.29) is 5.41 Å². The highest BCUT2D eigenvalue weighted by Crippen LogP contribution is 2.53. The zero-order valence-corrected chi connectivity index (χ0v) is 27.8. The quantitative estimate of drug-likeness (QED) is 0.167. The van der Waals surface area contributed by atoms with Crippen molar-refractivity contribution in [1.29, 1.82) is 0 Å². The molecule has 0 fully saturated rings. The van der Waals surface area contributed by atoms with E-state index in [4.69, 9.17) is 0 Å². The van der Waals surface area contributed by atoms with Gasteiger partial charge in [0.25, 0.3) is 0 Å². The van der Waals surface area contributed by atoms with Gasteiger partial charge in [0, 0.05) is 5.41 Å². The minimum atomic E-state index is -0.0743. The first-order valence-corrected chi connectivity index (χ1v) is 17.5. The largest absolute Gasteiger partial charge is 0.0622 e. The molecular formula is C48H40. The Kier molecular flexibility index (Phi) is 6.94. The van der Waals surface area contributed by atoms with Crippen LogP contribution in [0.5, 0.6) is 0 Å². The Morgan fingerprint density at radius 3 is 2.06 bits per heavy atom. The van der Waals surface area contributed by atoms with Crippen LogP contribution in [0.1, 0.15) is 65.1 Å². The summed E-state index contributed by atoms with van der Waals surface area (Å²) in [5.74, 6) is 0.443. The van der Waals surface area contributed by atoms with Crippen LogP contribution in [0.15, 0.2) is 152 Å². The molecule has 48 heavy (non-hydrogen) atoms. The molecule has 0 nitrogen and oxygen atoms in total. The van der Waals surface area contributed by atoms with Crippen molar-refractivity contribution in [3.63, 3.8) is 0 Å². The Morgan fingerprint density at radius 1 is 0.542 bits per heavy atom. The maximum absolute atomic E-state index is 2.56. The second kappa shape index (κ2) is 11.5. The lowest BCUT2D eigenvalue weighted by Gasteiger charge is -2.24. The normalized spacial score (nSPS) is 14.3. The predicted octanol–water partition coefficient (Wildman–Crippen LogP) is 12.3. The van der Waals surface area contributed by atoms with Crippen LogP contribution in [-0.4, -0.2) is 0 Å². The van der Waals surface area contributed by atoms with Gasteiger partial charge in [-0.05, 0) is 121 Å². The highest BCUT2D eigenvalue weighted by atomic mass is 14.4. The van der Waals surface area contributed by atoms with Crippen LogP contribution < -0.4 is 0 Å². The molecule has 7 aromatic rings. The molecule has 1 atom stereocenters. The topological polar surface area (TPSA) is 0 Å². The fourth-order valence-corrected chi connectivity index (χ4v) is 8.73. The maximum atomic E-state index is 2.56. The van der Waals surface area contributed by atoms with Crippen molar-refractivity contribution in [2.24, 2.45) is 0 Å². The van der Waals surface area contributed by atoms with Crippen LogP contribution in [0.25, 0.3) is 44.2 Å². The van der Waals surface area contributed by atoms with E-state index < -0.39 is 0 Å². The van der Waals surface area contributed by atoms with E-state index in [1.165, 1.54) is 83.1 Å². The fourth-order valence-electron chi connectivity index (χ4n) is 8.73. The molecule has 0 N–H and O–H groups in total. The molecule has 1 unspecified atom stereocenters. The Morgan fingerprint density at radius 2 is 1.23 bits per heavy atom. The average Bonchev–Trinajstić information content (AvgIpc) is 3.61. The Labute approximate surface area is 284 Å². The zero-order valence-electron chi connectivity index (χ0n) is 27.8. The second-order valence-electron chi connectivity index (χ2n) is 14.4. The molecule has 0 heterocycles. The van der Waals surface area contributed by atoms with Crippen LogP contribution in [-0.2, 0) is 24.7 Å². The van der Waals surface area contributed by atoms with Crippen LogP contribution >= 0.6 is 0 Å². The summed E-state index contributed by atoms with van der Waals surface area (Å²) >= 11 is 0. The summed E-state index contributed by atoms with van der Waals surface area (Å²) in [5.41, 5.74) is 18.3. The number of rotatable bonds is 7. The van der Waals surface area contributed by atoms with Crippen molar-refractivity contribution >= 4 is 10.8 Å². The minimum Gasteiger partial charge on any atom is -0.0622 e. The molecule has 232 valence electrons. The monoisotopic (exact) mass is 616 g/mol. The lowest BCUT2D eigenvalue weighted by atomic mass is 9.79. The van der Waals surface area contributed by atoms with Crippen LogP contribution in [0.3, 0.4) is 0 Å². The van der Waals surface area contributed by atoms with E-state index in [0.29, 0.717) is 5.92 Å². The van der Waals surface area contributed by atoms with Gasteiger partial charge in [0.1, 0.15) is 0 Å². The summed E-state index contributed by atoms with van der Waals surface area (Å²) in [4.78, 5) is 0. The molecule has 0 saturated carbocycles. The molecule has 2 aliphatic rings. The van der Waals surface area contributed by atoms with E-state index in [9.17, 15) is 0 Å². The Hall–Kier alpha value is -5.20. The van der Waals surface area contributed by atoms with Gasteiger partial charge in [-0.3, -0.25) is 0 Å². The van der Waals surface area contributed by atoms with Gasteiger partial charge in [-0.2, -0.15) is 0 Å². The summed E-state index contributed by atoms with van der Waals surface area (Å²) in [5, 5.41) is 2.79. The summed E-state index contributed by atoms with van der Waals surface area (Å²) in [7, 11) is 0. The van der Waals surface area contributed by atoms with E-state index in [1.807, 2.05) is 0 Å². The molecule has 9 rings (SSSR count). The first-order chi connectivity index (χ1) is 23.5. The lowest BCUT2D eigenvalue weighted by Crippen LogP contribution is -2.15. The number of fused-ring (bicyclic) bond motifs is 8. The van der Waals surface area contributed by atoms with Crippen molar-refractivity contribution < 1.29 is 0 Å². The van der Waals surface area contributed by atoms with Crippen molar-refractivity contribution in [3.05, 3.63) is 191 Å². The summed E-state index contributed by atoms with van der Waals surface area (Å²) in [6.07, 6.45) is 4.25. The third-order valence-corrected chi connectivity index (χ3v) is 11.2. The first-order valence-electron chi connectivity index (χ1n) is 17.5. The highest BCUT2D eigenvalue weighted by Gasteiger charge is 2.37. The number of benzene rings is 7. The van der Waals surface area contributed by atoms with E-state index in [1.54, 1.807) is 0 Å². The molecule has 2 aliphatic carbocycles. The molecule has 0 bridgehead atoms. The fraction of sp³-hybridized carbons (Fsp3) is 0.167. The van der Waals surface area contributed by atoms with Crippen molar-refractivity contribution in [2.45, 2.75) is 50.9 Å². The first kappa shape index (κ1) is 29.0. The second-order valence-corrected chi connectivity index (χ2v) is 14.4. The Bertz CT molecular complexity index is 2310. The minimum absolute atomic E-state index is 0.0743. The van der Waals surface area contributed by atoms with Crippen LogP contribution in [0, 0.1) is 0 Å². The molecule has 0 radical (unpaired) electrons. The van der Waals surface area contributed by atoms with Gasteiger partial charge < -0.3 is 0 Å². The number of aryl methyl sites for hydroxylation is 1. The smallest absolute Gasteiger partial charge is 0.0159 e. The van der Waals surface area contributed by atoms with Gasteiger partial charge >= 0.3 is 0 Å². The zero-order chi connectivity index (χ0) is 32.2. The molecule has 7 aromatic carbocycles. The standard InChI is InChI=1S/C48H40/c1-48(2)45-30-36(34-15-7-4-8-16-34)24-26-44(45)47-43-20-12-11-19-41(43)38(31-46(47)48)23-22-35(33-13-5-3-6-14-33)27-32-21-25-42-39(28-32)29-37-17-9-10-18-40(37)42/h3-21,24-26,28,30-31,35H,22-23,27,29H2,1-2H3. The van der Waals surface area contributed by atoms with Crippen LogP contribution in [0.2, 0.25) is 0 Å². The summed E-state index contributed by atoms with van der Waals surface area (Å²) < 4.78 is 0. The van der Waals surface area contributed by atoms with Gasteiger partial charge in [-0.1, -0.05) is 159 Å². The van der Waals surface area contributed by atoms with E-state index >= 15 is 0 Å². The van der Waals surface area contributed by atoms with Gasteiger partial charge in [0.15, 0.2) is 0 Å². The van der Waals surface area contributed by atoms with Crippen molar-refractivity contribution in [3.8, 4) is 33.4 Å². The molecule has 0 spiro atoms. The predicted molar refractivity (Wildman–Crippen MR) is 203 cm³/mol. The summed E-state index contributed by atoms with van der Waals surface area (Å²) in [6.45, 7) is 4.84. The van der Waals surface area contributed by atoms with E-state index in [2.05, 4.69) is 166 Å². The lowest BCUT2D eigenvalue weighted by molar-refractivity contribution is 0.620. The van der Waals surface area contributed by atoms with Crippen LogP contribution in [0.4, 0.5) is 0 Å². The van der Waals surface area contributed by atoms with Gasteiger partial charge in [0.05, 0.1) is 0 Å². The third-order valence-electron chi connectivity index (χ3n) is 11.2. The Balaban J connectivity index is 1.06. The van der Waals surface area contributed by atoms with E-state index in [0.717, 1.165) is 25.7 Å². The highest BCUT2D eigenvalue weighted by molar-refractivity contribution is 6.04. The third kappa shape index (κ3) is 4.82. The maximum Gasteiger partial charge on any atom is 0.0159 e. The molecule has 0 aromatic heterocycles. The number of hydrogen-bond donors (Lipinski definition) is 0.